The molecule has 0 amide bonds. The molecular formula is C7H15NO2. The molecule has 3 heteroatoms. The third-order valence-electron chi connectivity index (χ3n) is 1.67. The third kappa shape index (κ3) is 1.48. The van der Waals surface area contributed by atoms with Gasteiger partial charge in [-0.3, -0.25) is 5.32 Å². The maximum Gasteiger partial charge on any atom is 0.227 e. The van der Waals surface area contributed by atoms with E-state index in [0.717, 1.165) is 13.0 Å². The van der Waals surface area contributed by atoms with Crippen LogP contribution in [0.1, 0.15) is 20.3 Å². The molecule has 0 unspecified atom stereocenters. The van der Waals surface area contributed by atoms with Gasteiger partial charge in [0.1, 0.15) is 0 Å². The summed E-state index contributed by atoms with van der Waals surface area (Å²) in [6.45, 7) is 6.39. The second kappa shape index (κ2) is 3.32. The summed E-state index contributed by atoms with van der Waals surface area (Å²) in [5.74, 6) is -0.464. The van der Waals surface area contributed by atoms with Gasteiger partial charge in [0.15, 0.2) is 0 Å². The van der Waals surface area contributed by atoms with Crippen LogP contribution >= 0.6 is 0 Å². The molecule has 0 aromatic carbocycles. The van der Waals surface area contributed by atoms with Crippen molar-refractivity contribution in [2.75, 3.05) is 19.8 Å². The summed E-state index contributed by atoms with van der Waals surface area (Å²) in [7, 11) is 0. The van der Waals surface area contributed by atoms with Gasteiger partial charge in [0.25, 0.3) is 0 Å². The van der Waals surface area contributed by atoms with E-state index in [1.807, 2.05) is 13.8 Å². The largest absolute Gasteiger partial charge is 0.335 e. The van der Waals surface area contributed by atoms with Gasteiger partial charge in [-0.2, -0.15) is 0 Å². The number of ether oxygens (including phenoxy) is 2. The van der Waals surface area contributed by atoms with Crippen LogP contribution in [0.15, 0.2) is 0 Å². The second-order valence-corrected chi connectivity index (χ2v) is 2.33. The van der Waals surface area contributed by atoms with Crippen molar-refractivity contribution in [3.63, 3.8) is 0 Å². The van der Waals surface area contributed by atoms with Gasteiger partial charge < -0.3 is 9.47 Å². The van der Waals surface area contributed by atoms with Gasteiger partial charge in [-0.15, -0.1) is 0 Å². The zero-order chi connectivity index (χ0) is 7.45. The van der Waals surface area contributed by atoms with Crippen molar-refractivity contribution >= 4 is 0 Å². The summed E-state index contributed by atoms with van der Waals surface area (Å²) in [5, 5.41) is 3.16. The number of rotatable bonds is 3. The standard InChI is InChI=1S/C7H15NO2/c1-3-7(8-4-2)9-5-6-10-7/h8H,3-6H2,1-2H3. The van der Waals surface area contributed by atoms with Crippen molar-refractivity contribution in [2.24, 2.45) is 0 Å². The Hall–Kier alpha value is -0.120. The van der Waals surface area contributed by atoms with Crippen LogP contribution in [0.5, 0.6) is 0 Å². The number of hydrogen-bond acceptors (Lipinski definition) is 3. The van der Waals surface area contributed by atoms with Gasteiger partial charge in [-0.25, -0.2) is 0 Å². The first-order valence-corrected chi connectivity index (χ1v) is 3.86. The van der Waals surface area contributed by atoms with Crippen molar-refractivity contribution < 1.29 is 9.47 Å². The first-order chi connectivity index (χ1) is 4.83. The first-order valence-electron chi connectivity index (χ1n) is 3.86. The van der Waals surface area contributed by atoms with Crippen molar-refractivity contribution in [1.82, 2.24) is 5.32 Å². The van der Waals surface area contributed by atoms with Gasteiger partial charge in [-0.05, 0) is 6.54 Å². The summed E-state index contributed by atoms with van der Waals surface area (Å²) in [6.07, 6.45) is 0.862. The highest BCUT2D eigenvalue weighted by molar-refractivity contribution is 4.68. The molecule has 0 bridgehead atoms. The van der Waals surface area contributed by atoms with Crippen LogP contribution in [0.3, 0.4) is 0 Å². The fourth-order valence-corrected chi connectivity index (χ4v) is 1.16. The van der Waals surface area contributed by atoms with Crippen molar-refractivity contribution in [3.8, 4) is 0 Å². The van der Waals surface area contributed by atoms with Gasteiger partial charge in [0.2, 0.25) is 5.91 Å². The van der Waals surface area contributed by atoms with Crippen LogP contribution in [0.2, 0.25) is 0 Å². The maximum atomic E-state index is 5.40. The molecule has 0 aromatic heterocycles. The van der Waals surface area contributed by atoms with E-state index in [0.29, 0.717) is 13.2 Å². The molecule has 0 aromatic rings. The van der Waals surface area contributed by atoms with Gasteiger partial charge in [0.05, 0.1) is 13.2 Å². The summed E-state index contributed by atoms with van der Waals surface area (Å²) in [5.41, 5.74) is 0. The van der Waals surface area contributed by atoms with E-state index in [1.165, 1.54) is 0 Å². The zero-order valence-electron chi connectivity index (χ0n) is 6.64. The van der Waals surface area contributed by atoms with Crippen LogP contribution in [0, 0.1) is 0 Å². The molecule has 0 saturated carbocycles. The minimum absolute atomic E-state index is 0.464. The molecule has 0 aliphatic carbocycles. The van der Waals surface area contributed by atoms with Crippen molar-refractivity contribution in [2.45, 2.75) is 26.2 Å². The fraction of sp³-hybridized carbons (Fsp3) is 1.00. The molecule has 1 heterocycles. The monoisotopic (exact) mass is 145 g/mol. The van der Waals surface area contributed by atoms with E-state index < -0.39 is 5.91 Å². The average Bonchev–Trinajstić information content (AvgIpc) is 2.39. The highest BCUT2D eigenvalue weighted by Gasteiger charge is 2.33. The summed E-state index contributed by atoms with van der Waals surface area (Å²) in [4.78, 5) is 0. The summed E-state index contributed by atoms with van der Waals surface area (Å²) in [6, 6.07) is 0. The molecule has 0 atom stereocenters. The SMILES string of the molecule is CCNC1(CC)OCCO1. The lowest BCUT2D eigenvalue weighted by Gasteiger charge is -2.25. The molecule has 1 aliphatic heterocycles. The maximum absolute atomic E-state index is 5.40. The minimum atomic E-state index is -0.464. The molecule has 1 rings (SSSR count). The van der Waals surface area contributed by atoms with Crippen molar-refractivity contribution in [1.29, 1.82) is 0 Å². The highest BCUT2D eigenvalue weighted by Crippen LogP contribution is 2.18. The van der Waals surface area contributed by atoms with Crippen LogP contribution in [-0.2, 0) is 9.47 Å². The average molecular weight is 145 g/mol. The Balaban J connectivity index is 2.41. The Morgan fingerprint density at radius 3 is 2.30 bits per heavy atom. The predicted molar refractivity (Wildman–Crippen MR) is 38.6 cm³/mol. The van der Waals surface area contributed by atoms with Crippen LogP contribution < -0.4 is 5.32 Å². The Kier molecular flexibility index (Phi) is 2.65. The fourth-order valence-electron chi connectivity index (χ4n) is 1.16. The molecule has 10 heavy (non-hydrogen) atoms. The smallest absolute Gasteiger partial charge is 0.227 e. The highest BCUT2D eigenvalue weighted by atomic mass is 16.8. The molecular weight excluding hydrogens is 130 g/mol. The molecule has 3 nitrogen and oxygen atoms in total. The molecule has 1 N–H and O–H groups in total. The van der Waals surface area contributed by atoms with E-state index in [1.54, 1.807) is 0 Å². The lowest BCUT2D eigenvalue weighted by molar-refractivity contribution is -0.182. The molecule has 60 valence electrons. The van der Waals surface area contributed by atoms with Gasteiger partial charge >= 0.3 is 0 Å². The van der Waals surface area contributed by atoms with Crippen LogP contribution in [-0.4, -0.2) is 25.7 Å². The molecule has 0 spiro atoms. The van der Waals surface area contributed by atoms with Crippen LogP contribution in [0.4, 0.5) is 0 Å². The number of hydrogen-bond donors (Lipinski definition) is 1. The molecule has 0 radical (unpaired) electrons. The van der Waals surface area contributed by atoms with Gasteiger partial charge in [-0.1, -0.05) is 13.8 Å². The Morgan fingerprint density at radius 1 is 1.30 bits per heavy atom. The zero-order valence-corrected chi connectivity index (χ0v) is 6.64. The van der Waals surface area contributed by atoms with Crippen LogP contribution in [0.25, 0.3) is 0 Å². The van der Waals surface area contributed by atoms with Gasteiger partial charge in [0, 0.05) is 6.42 Å². The Labute approximate surface area is 61.7 Å². The van der Waals surface area contributed by atoms with E-state index in [2.05, 4.69) is 5.32 Å². The molecule has 1 saturated heterocycles. The topological polar surface area (TPSA) is 30.5 Å². The second-order valence-electron chi connectivity index (χ2n) is 2.33. The van der Waals surface area contributed by atoms with Crippen molar-refractivity contribution in [3.05, 3.63) is 0 Å². The van der Waals surface area contributed by atoms with E-state index >= 15 is 0 Å². The normalized spacial score (nSPS) is 23.4. The van der Waals surface area contributed by atoms with E-state index in [-0.39, 0.29) is 0 Å². The third-order valence-corrected chi connectivity index (χ3v) is 1.67. The molecule has 1 fully saturated rings. The number of nitrogens with one attached hydrogen (secondary N) is 1. The quantitative estimate of drug-likeness (QED) is 0.634. The van der Waals surface area contributed by atoms with E-state index in [9.17, 15) is 0 Å². The van der Waals surface area contributed by atoms with E-state index in [4.69, 9.17) is 9.47 Å². The Bertz CT molecular complexity index is 99.8. The minimum Gasteiger partial charge on any atom is -0.335 e. The summed E-state index contributed by atoms with van der Waals surface area (Å²) < 4.78 is 10.8. The molecule has 1 aliphatic rings. The first kappa shape index (κ1) is 7.98. The predicted octanol–water partition coefficient (Wildman–Crippen LogP) is 0.706. The summed E-state index contributed by atoms with van der Waals surface area (Å²) >= 11 is 0. The lowest BCUT2D eigenvalue weighted by Crippen LogP contribution is -2.45. The lowest BCUT2D eigenvalue weighted by atomic mass is 10.3. The Morgan fingerprint density at radius 2 is 1.90 bits per heavy atom.